The molecule has 2 amide bonds. The van der Waals surface area contributed by atoms with Gasteiger partial charge in [-0.15, -0.1) is 0 Å². The lowest BCUT2D eigenvalue weighted by Crippen LogP contribution is -2.20. The molecule has 0 spiro atoms. The molecule has 6 nitrogen and oxygen atoms in total. The minimum atomic E-state index is -0.584. The summed E-state index contributed by atoms with van der Waals surface area (Å²) >= 11 is 12.9. The molecule has 0 radical (unpaired) electrons. The number of para-hydroxylation sites is 1. The van der Waals surface area contributed by atoms with Crippen LogP contribution in [-0.4, -0.2) is 15.8 Å². The zero-order valence-corrected chi connectivity index (χ0v) is 17.1. The van der Waals surface area contributed by atoms with E-state index in [2.05, 4.69) is 22.7 Å². The summed E-state index contributed by atoms with van der Waals surface area (Å²) < 4.78 is 1.66. The van der Waals surface area contributed by atoms with E-state index in [9.17, 15) is 4.79 Å². The number of halogens is 2. The lowest BCUT2D eigenvalue weighted by molar-refractivity contribution is 0.259. The number of aromatic nitrogens is 2. The molecule has 0 aliphatic rings. The predicted molar refractivity (Wildman–Crippen MR) is 113 cm³/mol. The minimum absolute atomic E-state index is 0.0711. The van der Waals surface area contributed by atoms with Crippen LogP contribution in [0.4, 0.5) is 10.5 Å². The summed E-state index contributed by atoms with van der Waals surface area (Å²) in [5.74, 6) is 0. The highest BCUT2D eigenvalue weighted by molar-refractivity contribution is 6.33. The largest absolute Gasteiger partial charge is 0.351 e. The molecule has 1 aromatic heterocycles. The van der Waals surface area contributed by atoms with Crippen LogP contribution in [0, 0.1) is 6.92 Å². The first kappa shape index (κ1) is 20.2. The molecule has 0 saturated heterocycles. The van der Waals surface area contributed by atoms with Crippen molar-refractivity contribution < 1.29 is 4.79 Å². The molecule has 1 unspecified atom stereocenters. The fourth-order valence-corrected chi connectivity index (χ4v) is 3.43. The number of nitrogens with two attached hydrogens (primary N) is 1. The number of carbonyl (C=O) groups is 1. The number of urea groups is 1. The number of carbonyl (C=O) groups excluding carboxylic acids is 1. The maximum atomic E-state index is 10.9. The first-order chi connectivity index (χ1) is 13.4. The van der Waals surface area contributed by atoms with Crippen LogP contribution < -0.4 is 16.4 Å². The van der Waals surface area contributed by atoms with E-state index in [-0.39, 0.29) is 6.04 Å². The number of nitrogens with zero attached hydrogens (tertiary/aromatic N) is 2. The third-order valence-electron chi connectivity index (χ3n) is 4.47. The van der Waals surface area contributed by atoms with Gasteiger partial charge in [0.15, 0.2) is 0 Å². The highest BCUT2D eigenvalue weighted by Crippen LogP contribution is 2.28. The second-order valence-electron chi connectivity index (χ2n) is 6.43. The lowest BCUT2D eigenvalue weighted by Gasteiger charge is -2.15. The minimum Gasteiger partial charge on any atom is -0.351 e. The Balaban J connectivity index is 1.72. The van der Waals surface area contributed by atoms with Gasteiger partial charge in [0.25, 0.3) is 0 Å². The van der Waals surface area contributed by atoms with E-state index in [1.165, 1.54) is 0 Å². The van der Waals surface area contributed by atoms with Crippen molar-refractivity contribution in [3.63, 3.8) is 0 Å². The standard InChI is InChI=1S/C20H21Cl2N5O/c1-12(14-7-9-15(10-8-14)25-20(23)28)24-11-16-13(2)26-27(19(16)22)18-6-4-3-5-17(18)21/h3-10,12,24H,11H2,1-2H3,(H3,23,25,28). The van der Waals surface area contributed by atoms with E-state index in [1.54, 1.807) is 10.7 Å². The van der Waals surface area contributed by atoms with E-state index < -0.39 is 6.03 Å². The number of rotatable bonds is 6. The van der Waals surface area contributed by atoms with Crippen LogP contribution in [0.1, 0.15) is 29.8 Å². The topological polar surface area (TPSA) is 85.0 Å². The van der Waals surface area contributed by atoms with Gasteiger partial charge in [-0.3, -0.25) is 0 Å². The fourth-order valence-electron chi connectivity index (χ4n) is 2.89. The molecule has 0 bridgehead atoms. The number of benzene rings is 2. The van der Waals surface area contributed by atoms with Crippen LogP contribution in [0.15, 0.2) is 48.5 Å². The average Bonchev–Trinajstić information content (AvgIpc) is 2.94. The fraction of sp³-hybridized carbons (Fsp3) is 0.200. The Morgan fingerprint density at radius 2 is 1.86 bits per heavy atom. The third-order valence-corrected chi connectivity index (χ3v) is 5.17. The van der Waals surface area contributed by atoms with Gasteiger partial charge in [0.05, 0.1) is 16.4 Å². The molecule has 0 fully saturated rings. The monoisotopic (exact) mass is 417 g/mol. The molecule has 146 valence electrons. The van der Waals surface area contributed by atoms with Crippen molar-refractivity contribution in [2.75, 3.05) is 5.32 Å². The summed E-state index contributed by atoms with van der Waals surface area (Å²) in [6.45, 7) is 4.53. The third kappa shape index (κ3) is 4.47. The van der Waals surface area contributed by atoms with E-state index in [4.69, 9.17) is 28.9 Å². The Morgan fingerprint density at radius 1 is 1.18 bits per heavy atom. The number of primary amides is 1. The predicted octanol–water partition coefficient (Wildman–Crippen LogP) is 4.83. The Hall–Kier alpha value is -2.54. The zero-order valence-electron chi connectivity index (χ0n) is 15.5. The number of anilines is 1. The summed E-state index contributed by atoms with van der Waals surface area (Å²) in [5.41, 5.74) is 9.35. The second-order valence-corrected chi connectivity index (χ2v) is 7.20. The first-order valence-corrected chi connectivity index (χ1v) is 9.51. The van der Waals surface area contributed by atoms with Gasteiger partial charge in [-0.25, -0.2) is 9.48 Å². The Kier molecular flexibility index (Phi) is 6.24. The van der Waals surface area contributed by atoms with E-state index in [0.717, 1.165) is 22.5 Å². The van der Waals surface area contributed by atoms with Crippen LogP contribution >= 0.6 is 23.2 Å². The zero-order chi connectivity index (χ0) is 20.3. The Labute approximate surface area is 173 Å². The molecule has 28 heavy (non-hydrogen) atoms. The van der Waals surface area contributed by atoms with Gasteiger partial charge in [0.1, 0.15) is 5.15 Å². The highest BCUT2D eigenvalue weighted by Gasteiger charge is 2.17. The molecule has 1 atom stereocenters. The lowest BCUT2D eigenvalue weighted by atomic mass is 10.1. The molecular weight excluding hydrogens is 397 g/mol. The van der Waals surface area contributed by atoms with Gasteiger partial charge in [0.2, 0.25) is 0 Å². The van der Waals surface area contributed by atoms with E-state index in [1.807, 2.05) is 49.4 Å². The van der Waals surface area contributed by atoms with Gasteiger partial charge in [0, 0.05) is 23.8 Å². The number of hydrogen-bond donors (Lipinski definition) is 3. The van der Waals surface area contributed by atoms with E-state index >= 15 is 0 Å². The van der Waals surface area contributed by atoms with Crippen LogP contribution in [0.25, 0.3) is 5.69 Å². The molecule has 8 heteroatoms. The second kappa shape index (κ2) is 8.65. The summed E-state index contributed by atoms with van der Waals surface area (Å²) in [6, 6.07) is 14.4. The molecule has 4 N–H and O–H groups in total. The van der Waals surface area contributed by atoms with Crippen molar-refractivity contribution in [3.8, 4) is 5.69 Å². The SMILES string of the molecule is Cc1nn(-c2ccccc2Cl)c(Cl)c1CNC(C)c1ccc(NC(N)=O)cc1. The number of nitrogens with one attached hydrogen (secondary N) is 2. The first-order valence-electron chi connectivity index (χ1n) is 8.75. The van der Waals surface area contributed by atoms with Gasteiger partial charge in [-0.05, 0) is 43.7 Å². The van der Waals surface area contributed by atoms with Crippen molar-refractivity contribution >= 4 is 34.9 Å². The number of aryl methyl sites for hydroxylation is 1. The maximum Gasteiger partial charge on any atom is 0.316 e. The summed E-state index contributed by atoms with van der Waals surface area (Å²) in [6.07, 6.45) is 0. The van der Waals surface area contributed by atoms with Gasteiger partial charge in [-0.1, -0.05) is 47.5 Å². The number of amides is 2. The van der Waals surface area contributed by atoms with Crippen molar-refractivity contribution in [1.82, 2.24) is 15.1 Å². The average molecular weight is 418 g/mol. The van der Waals surface area contributed by atoms with Crippen LogP contribution in [0.3, 0.4) is 0 Å². The molecule has 3 rings (SSSR count). The normalized spacial score (nSPS) is 12.0. The summed E-state index contributed by atoms with van der Waals surface area (Å²) in [5, 5.41) is 11.7. The van der Waals surface area contributed by atoms with Crippen molar-refractivity contribution in [2.24, 2.45) is 5.73 Å². The summed E-state index contributed by atoms with van der Waals surface area (Å²) in [7, 11) is 0. The van der Waals surface area contributed by atoms with Gasteiger partial charge in [-0.2, -0.15) is 5.10 Å². The highest BCUT2D eigenvalue weighted by atomic mass is 35.5. The van der Waals surface area contributed by atoms with Crippen molar-refractivity contribution in [3.05, 3.63) is 75.5 Å². The molecule has 0 aliphatic heterocycles. The Bertz CT molecular complexity index is 985. The summed E-state index contributed by atoms with van der Waals surface area (Å²) in [4.78, 5) is 10.9. The van der Waals surface area contributed by atoms with Crippen molar-refractivity contribution in [2.45, 2.75) is 26.4 Å². The van der Waals surface area contributed by atoms with E-state index in [0.29, 0.717) is 22.4 Å². The molecule has 2 aromatic carbocycles. The number of hydrogen-bond acceptors (Lipinski definition) is 3. The maximum absolute atomic E-state index is 10.9. The van der Waals surface area contributed by atoms with Gasteiger partial charge >= 0.3 is 6.03 Å². The van der Waals surface area contributed by atoms with Crippen LogP contribution in [0.2, 0.25) is 10.2 Å². The molecule has 0 saturated carbocycles. The Morgan fingerprint density at radius 3 is 2.50 bits per heavy atom. The van der Waals surface area contributed by atoms with Gasteiger partial charge < -0.3 is 16.4 Å². The smallest absolute Gasteiger partial charge is 0.316 e. The molecule has 3 aromatic rings. The quantitative estimate of drug-likeness (QED) is 0.536. The van der Waals surface area contributed by atoms with Crippen LogP contribution in [-0.2, 0) is 6.54 Å². The van der Waals surface area contributed by atoms with Crippen LogP contribution in [0.5, 0.6) is 0 Å². The van der Waals surface area contributed by atoms with Crippen molar-refractivity contribution in [1.29, 1.82) is 0 Å². The molecule has 0 aliphatic carbocycles. The molecular formula is C20H21Cl2N5O. The molecule has 1 heterocycles.